The second-order valence-corrected chi connectivity index (χ2v) is 8.55. The van der Waals surface area contributed by atoms with E-state index in [-0.39, 0.29) is 5.28 Å². The third-order valence-corrected chi connectivity index (χ3v) is 6.83. The van der Waals surface area contributed by atoms with Crippen LogP contribution < -0.4 is 4.90 Å². The number of aryl methyl sites for hydroxylation is 1. The highest BCUT2D eigenvalue weighted by Crippen LogP contribution is 2.37. The van der Waals surface area contributed by atoms with Gasteiger partial charge in [-0.2, -0.15) is 4.98 Å². The first-order valence-electron chi connectivity index (χ1n) is 9.45. The van der Waals surface area contributed by atoms with Crippen molar-refractivity contribution in [3.05, 3.63) is 15.7 Å². The molecule has 4 heterocycles. The van der Waals surface area contributed by atoms with Crippen molar-refractivity contribution in [2.45, 2.75) is 19.7 Å². The van der Waals surface area contributed by atoms with Crippen LogP contribution in [0.25, 0.3) is 10.2 Å². The van der Waals surface area contributed by atoms with Gasteiger partial charge in [0.25, 0.3) is 0 Å². The molecule has 2 aromatic heterocycles. The molecule has 152 valence electrons. The highest BCUT2D eigenvalue weighted by Gasteiger charge is 2.25. The molecule has 10 heteroatoms. The number of ether oxygens (including phenoxy) is 1. The summed E-state index contributed by atoms with van der Waals surface area (Å²) in [5, 5.41) is 9.95. The van der Waals surface area contributed by atoms with E-state index in [1.807, 2.05) is 0 Å². The molecule has 0 radical (unpaired) electrons. The van der Waals surface area contributed by atoms with Gasteiger partial charge in [0, 0.05) is 50.7 Å². The van der Waals surface area contributed by atoms with Gasteiger partial charge in [-0.05, 0) is 24.1 Å². The van der Waals surface area contributed by atoms with Gasteiger partial charge >= 0.3 is 0 Å². The van der Waals surface area contributed by atoms with E-state index < -0.39 is 6.23 Å². The number of carbonyl (C=O) groups is 1. The van der Waals surface area contributed by atoms with Crippen LogP contribution in [0.15, 0.2) is 0 Å². The summed E-state index contributed by atoms with van der Waals surface area (Å²) in [7, 11) is 0. The number of aliphatic hydroxyl groups excluding tert-OH is 1. The van der Waals surface area contributed by atoms with E-state index in [0.717, 1.165) is 54.3 Å². The third kappa shape index (κ3) is 4.00. The summed E-state index contributed by atoms with van der Waals surface area (Å²) in [6, 6.07) is 0. The highest BCUT2D eigenvalue weighted by molar-refractivity contribution is 7.19. The Balaban J connectivity index is 1.55. The molecule has 1 atom stereocenters. The molecular weight excluding hydrogens is 402 g/mol. The molecule has 2 aliphatic heterocycles. The van der Waals surface area contributed by atoms with Gasteiger partial charge in [-0.1, -0.05) is 0 Å². The maximum Gasteiger partial charge on any atom is 0.224 e. The third-order valence-electron chi connectivity index (χ3n) is 5.40. The molecule has 0 aliphatic carbocycles. The largest absolute Gasteiger partial charge is 0.378 e. The average molecular weight is 426 g/mol. The number of rotatable bonds is 5. The standard InChI is InChI=1S/C18H24ClN5O3S/c1-12-13(10-22-2-4-23(5-3-22)14(26)11-25)28-16-15(12)20-18(19)21-17(16)24-6-8-27-9-7-24/h11,14,26H,2-10H2,1H3. The number of piperazine rings is 1. The molecule has 0 spiro atoms. The fraction of sp³-hybridized carbons (Fsp3) is 0.611. The Bertz CT molecular complexity index is 849. The van der Waals surface area contributed by atoms with Gasteiger partial charge in [0.2, 0.25) is 5.28 Å². The van der Waals surface area contributed by atoms with Gasteiger partial charge < -0.3 is 14.7 Å². The number of aldehydes is 1. The zero-order valence-corrected chi connectivity index (χ0v) is 17.4. The van der Waals surface area contributed by atoms with Gasteiger partial charge in [0.15, 0.2) is 18.3 Å². The lowest BCUT2D eigenvalue weighted by Gasteiger charge is -2.35. The minimum Gasteiger partial charge on any atom is -0.378 e. The molecule has 0 bridgehead atoms. The van der Waals surface area contributed by atoms with Crippen molar-refractivity contribution in [2.24, 2.45) is 0 Å². The maximum absolute atomic E-state index is 10.8. The first-order valence-corrected chi connectivity index (χ1v) is 10.6. The van der Waals surface area contributed by atoms with Crippen LogP contribution in [0.2, 0.25) is 5.28 Å². The van der Waals surface area contributed by atoms with Crippen molar-refractivity contribution >= 4 is 45.3 Å². The van der Waals surface area contributed by atoms with Crippen LogP contribution in [0.3, 0.4) is 0 Å². The molecule has 0 amide bonds. The lowest BCUT2D eigenvalue weighted by Crippen LogP contribution is -2.50. The molecule has 8 nitrogen and oxygen atoms in total. The number of aromatic nitrogens is 2. The molecule has 2 aliphatic rings. The summed E-state index contributed by atoms with van der Waals surface area (Å²) in [6.07, 6.45) is -0.414. The Kier molecular flexibility index (Phi) is 6.10. The number of halogens is 1. The van der Waals surface area contributed by atoms with Crippen LogP contribution in [0, 0.1) is 6.92 Å². The summed E-state index contributed by atoms with van der Waals surface area (Å²) >= 11 is 7.96. The smallest absolute Gasteiger partial charge is 0.224 e. The number of morpholine rings is 1. The predicted molar refractivity (Wildman–Crippen MR) is 109 cm³/mol. The summed E-state index contributed by atoms with van der Waals surface area (Å²) in [6.45, 7) is 8.86. The molecule has 2 aromatic rings. The first-order chi connectivity index (χ1) is 13.6. The molecular formula is C18H24ClN5O3S. The molecule has 1 unspecified atom stereocenters. The fourth-order valence-electron chi connectivity index (χ4n) is 3.71. The maximum atomic E-state index is 10.8. The van der Waals surface area contributed by atoms with E-state index >= 15 is 0 Å². The van der Waals surface area contributed by atoms with Crippen LogP contribution in [-0.4, -0.2) is 89.9 Å². The van der Waals surface area contributed by atoms with E-state index in [1.54, 1.807) is 16.2 Å². The monoisotopic (exact) mass is 425 g/mol. The Labute approximate surface area is 172 Å². The number of fused-ring (bicyclic) bond motifs is 1. The van der Waals surface area contributed by atoms with Gasteiger partial charge in [0.1, 0.15) is 0 Å². The molecule has 1 N–H and O–H groups in total. The predicted octanol–water partition coefficient (Wildman–Crippen LogP) is 1.12. The van der Waals surface area contributed by atoms with E-state index in [2.05, 4.69) is 26.7 Å². The Morgan fingerprint density at radius 1 is 1.21 bits per heavy atom. The molecule has 28 heavy (non-hydrogen) atoms. The fourth-order valence-corrected chi connectivity index (χ4v) is 5.18. The molecule has 4 rings (SSSR count). The van der Waals surface area contributed by atoms with Crippen LogP contribution in [0.5, 0.6) is 0 Å². The Morgan fingerprint density at radius 3 is 2.61 bits per heavy atom. The van der Waals surface area contributed by atoms with Gasteiger partial charge in [-0.25, -0.2) is 4.98 Å². The average Bonchev–Trinajstić information content (AvgIpc) is 3.03. The minimum atomic E-state index is -0.998. The second kappa shape index (κ2) is 8.56. The van der Waals surface area contributed by atoms with Crippen molar-refractivity contribution in [3.8, 4) is 0 Å². The molecule has 0 aromatic carbocycles. The Morgan fingerprint density at radius 2 is 1.93 bits per heavy atom. The van der Waals surface area contributed by atoms with Crippen molar-refractivity contribution in [2.75, 3.05) is 57.4 Å². The van der Waals surface area contributed by atoms with E-state index in [4.69, 9.17) is 16.3 Å². The number of thiophene rings is 1. The number of aliphatic hydroxyl groups is 1. The second-order valence-electron chi connectivity index (χ2n) is 7.11. The summed E-state index contributed by atoms with van der Waals surface area (Å²) in [5.41, 5.74) is 2.07. The molecule has 0 saturated carbocycles. The zero-order chi connectivity index (χ0) is 19.7. The summed E-state index contributed by atoms with van der Waals surface area (Å²) < 4.78 is 6.54. The highest BCUT2D eigenvalue weighted by atomic mass is 35.5. The van der Waals surface area contributed by atoms with E-state index in [1.165, 1.54) is 4.88 Å². The van der Waals surface area contributed by atoms with E-state index in [9.17, 15) is 9.90 Å². The van der Waals surface area contributed by atoms with Crippen LogP contribution in [-0.2, 0) is 16.1 Å². The van der Waals surface area contributed by atoms with Gasteiger partial charge in [-0.15, -0.1) is 11.3 Å². The number of hydrogen-bond acceptors (Lipinski definition) is 9. The number of nitrogens with zero attached hydrogens (tertiary/aromatic N) is 5. The van der Waals surface area contributed by atoms with Crippen molar-refractivity contribution in [1.29, 1.82) is 0 Å². The lowest BCUT2D eigenvalue weighted by molar-refractivity contribution is -0.125. The van der Waals surface area contributed by atoms with Crippen LogP contribution in [0.4, 0.5) is 5.82 Å². The quantitative estimate of drug-likeness (QED) is 0.564. The van der Waals surface area contributed by atoms with Gasteiger partial charge in [0.05, 0.1) is 23.4 Å². The summed E-state index contributed by atoms with van der Waals surface area (Å²) in [5.74, 6) is 0.900. The normalized spacial score (nSPS) is 20.6. The van der Waals surface area contributed by atoms with E-state index in [0.29, 0.717) is 32.6 Å². The topological polar surface area (TPSA) is 82.0 Å². The first kappa shape index (κ1) is 19.9. The minimum absolute atomic E-state index is 0.276. The van der Waals surface area contributed by atoms with Crippen molar-refractivity contribution in [1.82, 2.24) is 19.8 Å². The summed E-state index contributed by atoms with van der Waals surface area (Å²) in [4.78, 5) is 27.4. The Hall–Kier alpha value is -1.36. The zero-order valence-electron chi connectivity index (χ0n) is 15.8. The van der Waals surface area contributed by atoms with Crippen molar-refractivity contribution in [3.63, 3.8) is 0 Å². The SMILES string of the molecule is Cc1c(CN2CCN(C(O)C=O)CC2)sc2c(N3CCOCC3)nc(Cl)nc12. The van der Waals surface area contributed by atoms with Crippen LogP contribution in [0.1, 0.15) is 10.4 Å². The van der Waals surface area contributed by atoms with Crippen LogP contribution >= 0.6 is 22.9 Å². The number of anilines is 1. The molecule has 2 saturated heterocycles. The van der Waals surface area contributed by atoms with Gasteiger partial charge in [-0.3, -0.25) is 14.6 Å². The molecule has 2 fully saturated rings. The van der Waals surface area contributed by atoms with Crippen molar-refractivity contribution < 1.29 is 14.6 Å². The number of carbonyl (C=O) groups excluding carboxylic acids is 1. The number of hydrogen-bond donors (Lipinski definition) is 1. The lowest BCUT2D eigenvalue weighted by atomic mass is 10.2.